The fraction of sp³-hybridized carbons (Fsp3) is 0.455. The highest BCUT2D eigenvalue weighted by molar-refractivity contribution is 5.95. The van der Waals surface area contributed by atoms with Gasteiger partial charge in [-0.25, -0.2) is 0 Å². The zero-order chi connectivity index (χ0) is 10.6. The minimum Gasteiger partial charge on any atom is -0.350 e. The van der Waals surface area contributed by atoms with Gasteiger partial charge >= 0.3 is 0 Å². The second-order valence-corrected chi connectivity index (χ2v) is 3.47. The molecule has 1 amide bonds. The van der Waals surface area contributed by atoms with E-state index in [2.05, 4.69) is 10.3 Å². The van der Waals surface area contributed by atoms with Crippen LogP contribution in [0.1, 0.15) is 36.2 Å². The Labute approximate surface area is 84.6 Å². The molecule has 14 heavy (non-hydrogen) atoms. The van der Waals surface area contributed by atoms with Crippen LogP contribution in [0.4, 0.5) is 0 Å². The summed E-state index contributed by atoms with van der Waals surface area (Å²) in [6.07, 6.45) is 4.28. The van der Waals surface area contributed by atoms with Crippen molar-refractivity contribution in [1.29, 1.82) is 0 Å². The maximum absolute atomic E-state index is 11.7. The molecule has 1 aromatic rings. The van der Waals surface area contributed by atoms with Gasteiger partial charge in [-0.2, -0.15) is 0 Å². The van der Waals surface area contributed by atoms with Gasteiger partial charge in [0.15, 0.2) is 0 Å². The fourth-order valence-corrected chi connectivity index (χ4v) is 1.13. The van der Waals surface area contributed by atoms with E-state index in [1.807, 2.05) is 20.8 Å². The van der Waals surface area contributed by atoms with Crippen LogP contribution in [0.3, 0.4) is 0 Å². The fourth-order valence-electron chi connectivity index (χ4n) is 1.13. The summed E-state index contributed by atoms with van der Waals surface area (Å²) in [5.41, 5.74) is 1.62. The third-order valence-corrected chi connectivity index (χ3v) is 2.25. The lowest BCUT2D eigenvalue weighted by atomic mass is 10.1. The number of pyridine rings is 1. The Morgan fingerprint density at radius 2 is 2.36 bits per heavy atom. The van der Waals surface area contributed by atoms with E-state index in [-0.39, 0.29) is 11.9 Å². The molecule has 76 valence electrons. The van der Waals surface area contributed by atoms with Gasteiger partial charge in [0.1, 0.15) is 0 Å². The number of carbonyl (C=O) groups is 1. The quantitative estimate of drug-likeness (QED) is 0.795. The van der Waals surface area contributed by atoms with Crippen molar-refractivity contribution in [2.24, 2.45) is 0 Å². The molecule has 1 heterocycles. The van der Waals surface area contributed by atoms with E-state index < -0.39 is 0 Å². The number of hydrogen-bond acceptors (Lipinski definition) is 2. The maximum Gasteiger partial charge on any atom is 0.251 e. The topological polar surface area (TPSA) is 42.0 Å². The van der Waals surface area contributed by atoms with Crippen LogP contribution in [0.15, 0.2) is 18.5 Å². The largest absolute Gasteiger partial charge is 0.350 e. The van der Waals surface area contributed by atoms with Gasteiger partial charge in [0.25, 0.3) is 5.91 Å². The first-order chi connectivity index (χ1) is 6.65. The Balaban J connectivity index is 2.75. The Bertz CT molecular complexity index is 323. The molecule has 1 rings (SSSR count). The van der Waals surface area contributed by atoms with Gasteiger partial charge < -0.3 is 5.32 Å². The summed E-state index contributed by atoms with van der Waals surface area (Å²) in [6, 6.07) is 1.96. The Morgan fingerprint density at radius 1 is 1.64 bits per heavy atom. The number of nitrogens with zero attached hydrogens (tertiary/aromatic N) is 1. The van der Waals surface area contributed by atoms with Crippen LogP contribution in [-0.4, -0.2) is 16.9 Å². The van der Waals surface area contributed by atoms with Crippen LogP contribution in [0.2, 0.25) is 0 Å². The summed E-state index contributed by atoms with van der Waals surface area (Å²) in [4.78, 5) is 15.6. The van der Waals surface area contributed by atoms with Crippen molar-refractivity contribution in [2.45, 2.75) is 33.2 Å². The van der Waals surface area contributed by atoms with E-state index in [4.69, 9.17) is 0 Å². The van der Waals surface area contributed by atoms with Crippen molar-refractivity contribution in [3.05, 3.63) is 29.6 Å². The molecule has 0 spiro atoms. The molecule has 3 nitrogen and oxygen atoms in total. The summed E-state index contributed by atoms with van der Waals surface area (Å²) in [5, 5.41) is 2.92. The van der Waals surface area contributed by atoms with Gasteiger partial charge in [0.2, 0.25) is 0 Å². The molecule has 1 unspecified atom stereocenters. The normalized spacial score (nSPS) is 12.2. The van der Waals surface area contributed by atoms with Crippen LogP contribution in [0, 0.1) is 6.92 Å². The molecule has 0 saturated carbocycles. The van der Waals surface area contributed by atoms with E-state index in [1.165, 1.54) is 0 Å². The molecule has 0 fully saturated rings. The molecule has 0 aliphatic heterocycles. The Morgan fingerprint density at radius 3 is 2.93 bits per heavy atom. The van der Waals surface area contributed by atoms with Crippen molar-refractivity contribution in [3.63, 3.8) is 0 Å². The first-order valence-corrected chi connectivity index (χ1v) is 4.86. The van der Waals surface area contributed by atoms with E-state index >= 15 is 0 Å². The van der Waals surface area contributed by atoms with Crippen molar-refractivity contribution in [2.75, 3.05) is 0 Å². The minimum absolute atomic E-state index is 0.0146. The third-order valence-electron chi connectivity index (χ3n) is 2.25. The SMILES string of the molecule is CCC(C)NC(=O)c1ccncc1C. The number of carbonyl (C=O) groups excluding carboxylic acids is 1. The Hall–Kier alpha value is -1.38. The van der Waals surface area contributed by atoms with Gasteiger partial charge in [0.05, 0.1) is 0 Å². The molecule has 1 aromatic heterocycles. The monoisotopic (exact) mass is 192 g/mol. The first kappa shape index (κ1) is 10.7. The lowest BCUT2D eigenvalue weighted by molar-refractivity contribution is 0.0938. The molecule has 1 atom stereocenters. The highest BCUT2D eigenvalue weighted by Gasteiger charge is 2.09. The van der Waals surface area contributed by atoms with E-state index in [9.17, 15) is 4.79 Å². The zero-order valence-corrected chi connectivity index (χ0v) is 8.87. The summed E-state index contributed by atoms with van der Waals surface area (Å²) >= 11 is 0. The maximum atomic E-state index is 11.7. The average Bonchev–Trinajstić information content (AvgIpc) is 2.18. The van der Waals surface area contributed by atoms with Gasteiger partial charge in [-0.1, -0.05) is 6.92 Å². The van der Waals surface area contributed by atoms with E-state index in [1.54, 1.807) is 18.5 Å². The highest BCUT2D eigenvalue weighted by Crippen LogP contribution is 2.05. The summed E-state index contributed by atoms with van der Waals surface area (Å²) in [6.45, 7) is 5.93. The first-order valence-electron chi connectivity index (χ1n) is 4.86. The lowest BCUT2D eigenvalue weighted by Gasteiger charge is -2.12. The zero-order valence-electron chi connectivity index (χ0n) is 8.87. The van der Waals surface area contributed by atoms with Crippen LogP contribution in [-0.2, 0) is 0 Å². The van der Waals surface area contributed by atoms with Crippen LogP contribution in [0.5, 0.6) is 0 Å². The summed E-state index contributed by atoms with van der Waals surface area (Å²) in [7, 11) is 0. The number of amides is 1. The predicted molar refractivity (Wildman–Crippen MR) is 56.2 cm³/mol. The number of hydrogen-bond donors (Lipinski definition) is 1. The van der Waals surface area contributed by atoms with Crippen molar-refractivity contribution < 1.29 is 4.79 Å². The molecule has 1 N–H and O–H groups in total. The molecule has 0 aliphatic rings. The third kappa shape index (κ3) is 2.55. The minimum atomic E-state index is -0.0146. The smallest absolute Gasteiger partial charge is 0.251 e. The lowest BCUT2D eigenvalue weighted by Crippen LogP contribution is -2.32. The molecule has 3 heteroatoms. The van der Waals surface area contributed by atoms with Gasteiger partial charge in [-0.3, -0.25) is 9.78 Å². The van der Waals surface area contributed by atoms with Crippen LogP contribution >= 0.6 is 0 Å². The molecule has 0 saturated heterocycles. The van der Waals surface area contributed by atoms with Crippen LogP contribution in [0.25, 0.3) is 0 Å². The second kappa shape index (κ2) is 4.74. The number of nitrogens with one attached hydrogen (secondary N) is 1. The predicted octanol–water partition coefficient (Wildman–Crippen LogP) is 1.92. The standard InChI is InChI=1S/C11H16N2O/c1-4-9(3)13-11(14)10-5-6-12-7-8(10)2/h5-7,9H,4H2,1-3H3,(H,13,14). The van der Waals surface area contributed by atoms with Crippen molar-refractivity contribution in [1.82, 2.24) is 10.3 Å². The summed E-state index contributed by atoms with van der Waals surface area (Å²) in [5.74, 6) is -0.0146. The second-order valence-electron chi connectivity index (χ2n) is 3.47. The number of aromatic nitrogens is 1. The molecule has 0 radical (unpaired) electrons. The van der Waals surface area contributed by atoms with Gasteiger partial charge in [-0.05, 0) is 31.9 Å². The van der Waals surface area contributed by atoms with E-state index in [0.717, 1.165) is 12.0 Å². The molecular weight excluding hydrogens is 176 g/mol. The van der Waals surface area contributed by atoms with Crippen molar-refractivity contribution >= 4 is 5.91 Å². The number of rotatable bonds is 3. The summed E-state index contributed by atoms with van der Waals surface area (Å²) < 4.78 is 0. The molecule has 0 bridgehead atoms. The highest BCUT2D eigenvalue weighted by atomic mass is 16.1. The van der Waals surface area contributed by atoms with E-state index in [0.29, 0.717) is 5.56 Å². The van der Waals surface area contributed by atoms with Gasteiger partial charge in [0, 0.05) is 24.0 Å². The molecular formula is C11H16N2O. The van der Waals surface area contributed by atoms with Gasteiger partial charge in [-0.15, -0.1) is 0 Å². The molecule has 0 aromatic carbocycles. The Kier molecular flexibility index (Phi) is 3.63. The average molecular weight is 192 g/mol. The number of aryl methyl sites for hydroxylation is 1. The van der Waals surface area contributed by atoms with Crippen LogP contribution < -0.4 is 5.32 Å². The van der Waals surface area contributed by atoms with Crippen molar-refractivity contribution in [3.8, 4) is 0 Å². The molecule has 0 aliphatic carbocycles.